The summed E-state index contributed by atoms with van der Waals surface area (Å²) in [5.41, 5.74) is 0. The van der Waals surface area contributed by atoms with E-state index >= 15 is 0 Å². The maximum atomic E-state index is 11.6. The zero-order valence-electron chi connectivity index (χ0n) is 10.9. The SMILES string of the molecule is CCCC(CC)CC(=O)OC(C)C(C)C. The molecule has 0 fully saturated rings. The van der Waals surface area contributed by atoms with Gasteiger partial charge in [-0.2, -0.15) is 0 Å². The molecular weight excluding hydrogens is 188 g/mol. The van der Waals surface area contributed by atoms with Gasteiger partial charge in [0.05, 0.1) is 0 Å². The lowest BCUT2D eigenvalue weighted by Gasteiger charge is -2.19. The van der Waals surface area contributed by atoms with Crippen LogP contribution in [0.25, 0.3) is 0 Å². The number of esters is 1. The van der Waals surface area contributed by atoms with Crippen molar-refractivity contribution in [3.05, 3.63) is 0 Å². The Bertz CT molecular complexity index is 175. The Morgan fingerprint density at radius 2 is 1.80 bits per heavy atom. The van der Waals surface area contributed by atoms with E-state index in [0.717, 1.165) is 19.3 Å². The van der Waals surface area contributed by atoms with Gasteiger partial charge in [-0.15, -0.1) is 0 Å². The Labute approximate surface area is 94.4 Å². The second-order valence-electron chi connectivity index (χ2n) is 4.71. The second-order valence-corrected chi connectivity index (χ2v) is 4.71. The van der Waals surface area contributed by atoms with Crippen LogP contribution >= 0.6 is 0 Å². The van der Waals surface area contributed by atoms with Crippen molar-refractivity contribution in [2.45, 2.75) is 66.4 Å². The number of carbonyl (C=O) groups excluding carboxylic acids is 1. The van der Waals surface area contributed by atoms with Gasteiger partial charge in [-0.05, 0) is 18.8 Å². The van der Waals surface area contributed by atoms with Crippen LogP contribution in [-0.4, -0.2) is 12.1 Å². The van der Waals surface area contributed by atoms with Crippen molar-refractivity contribution in [2.75, 3.05) is 0 Å². The van der Waals surface area contributed by atoms with Crippen molar-refractivity contribution in [1.29, 1.82) is 0 Å². The van der Waals surface area contributed by atoms with Crippen molar-refractivity contribution >= 4 is 5.97 Å². The van der Waals surface area contributed by atoms with Crippen LogP contribution in [0.15, 0.2) is 0 Å². The number of hydrogen-bond donors (Lipinski definition) is 0. The quantitative estimate of drug-likeness (QED) is 0.603. The molecule has 0 saturated carbocycles. The fraction of sp³-hybridized carbons (Fsp3) is 0.923. The van der Waals surface area contributed by atoms with Crippen molar-refractivity contribution in [1.82, 2.24) is 0 Å². The Morgan fingerprint density at radius 3 is 2.20 bits per heavy atom. The average molecular weight is 214 g/mol. The molecule has 2 nitrogen and oxygen atoms in total. The molecule has 0 aliphatic heterocycles. The summed E-state index contributed by atoms with van der Waals surface area (Å²) in [6.45, 7) is 10.4. The van der Waals surface area contributed by atoms with Crippen LogP contribution in [0.4, 0.5) is 0 Å². The van der Waals surface area contributed by atoms with Gasteiger partial charge in [0.25, 0.3) is 0 Å². The third kappa shape index (κ3) is 6.53. The third-order valence-corrected chi connectivity index (χ3v) is 2.99. The highest BCUT2D eigenvalue weighted by molar-refractivity contribution is 5.69. The molecular formula is C13H26O2. The van der Waals surface area contributed by atoms with Crippen LogP contribution in [0, 0.1) is 11.8 Å². The van der Waals surface area contributed by atoms with Crippen LogP contribution in [-0.2, 0) is 9.53 Å². The largest absolute Gasteiger partial charge is 0.462 e. The fourth-order valence-corrected chi connectivity index (χ4v) is 1.49. The molecule has 0 spiro atoms. The molecule has 2 heteroatoms. The van der Waals surface area contributed by atoms with Gasteiger partial charge >= 0.3 is 5.97 Å². The zero-order chi connectivity index (χ0) is 11.8. The molecule has 0 N–H and O–H groups in total. The normalized spacial score (nSPS) is 15.1. The Hall–Kier alpha value is -0.530. The molecule has 0 amide bonds. The molecule has 2 atom stereocenters. The van der Waals surface area contributed by atoms with Crippen LogP contribution in [0.5, 0.6) is 0 Å². The van der Waals surface area contributed by atoms with E-state index in [1.165, 1.54) is 0 Å². The van der Waals surface area contributed by atoms with Crippen LogP contribution in [0.1, 0.15) is 60.3 Å². The molecule has 0 aromatic rings. The summed E-state index contributed by atoms with van der Waals surface area (Å²) in [5, 5.41) is 0. The minimum Gasteiger partial charge on any atom is -0.462 e. The molecule has 0 aromatic carbocycles. The minimum absolute atomic E-state index is 0.0310. The zero-order valence-corrected chi connectivity index (χ0v) is 10.9. The summed E-state index contributed by atoms with van der Waals surface area (Å²) in [6.07, 6.45) is 3.96. The van der Waals surface area contributed by atoms with Gasteiger partial charge < -0.3 is 4.74 Å². The fourth-order valence-electron chi connectivity index (χ4n) is 1.49. The Morgan fingerprint density at radius 1 is 1.20 bits per heavy atom. The lowest BCUT2D eigenvalue weighted by molar-refractivity contribution is -0.151. The maximum absolute atomic E-state index is 11.6. The van der Waals surface area contributed by atoms with Crippen molar-refractivity contribution in [3.8, 4) is 0 Å². The third-order valence-electron chi connectivity index (χ3n) is 2.99. The molecule has 0 aromatic heterocycles. The van der Waals surface area contributed by atoms with E-state index in [4.69, 9.17) is 4.74 Å². The molecule has 0 bridgehead atoms. The van der Waals surface area contributed by atoms with E-state index in [-0.39, 0.29) is 12.1 Å². The summed E-state index contributed by atoms with van der Waals surface area (Å²) in [6, 6.07) is 0. The molecule has 2 unspecified atom stereocenters. The number of rotatable bonds is 7. The number of ether oxygens (including phenoxy) is 1. The summed E-state index contributed by atoms with van der Waals surface area (Å²) >= 11 is 0. The van der Waals surface area contributed by atoms with Crippen LogP contribution in [0.3, 0.4) is 0 Å². The molecule has 0 radical (unpaired) electrons. The number of carbonyl (C=O) groups is 1. The molecule has 0 heterocycles. The topological polar surface area (TPSA) is 26.3 Å². The highest BCUT2D eigenvalue weighted by Gasteiger charge is 2.16. The smallest absolute Gasteiger partial charge is 0.306 e. The second kappa shape index (κ2) is 7.72. The molecule has 0 rings (SSSR count). The van der Waals surface area contributed by atoms with E-state index in [0.29, 0.717) is 18.3 Å². The molecule has 0 saturated heterocycles. The lowest BCUT2D eigenvalue weighted by Crippen LogP contribution is -2.21. The predicted octanol–water partition coefficient (Wildman–Crippen LogP) is 3.79. The summed E-state index contributed by atoms with van der Waals surface area (Å²) in [7, 11) is 0. The Kier molecular flexibility index (Phi) is 7.45. The van der Waals surface area contributed by atoms with Gasteiger partial charge in [0.15, 0.2) is 0 Å². The first-order valence-corrected chi connectivity index (χ1v) is 6.20. The minimum atomic E-state index is -0.0310. The maximum Gasteiger partial charge on any atom is 0.306 e. The summed E-state index contributed by atoms with van der Waals surface area (Å²) in [4.78, 5) is 11.6. The van der Waals surface area contributed by atoms with Gasteiger partial charge in [0, 0.05) is 6.42 Å². The number of hydrogen-bond acceptors (Lipinski definition) is 2. The van der Waals surface area contributed by atoms with Gasteiger partial charge in [0.1, 0.15) is 6.10 Å². The van der Waals surface area contributed by atoms with Crippen molar-refractivity contribution in [3.63, 3.8) is 0 Å². The predicted molar refractivity (Wildman–Crippen MR) is 63.7 cm³/mol. The van der Waals surface area contributed by atoms with Crippen LogP contribution in [0.2, 0.25) is 0 Å². The highest BCUT2D eigenvalue weighted by atomic mass is 16.5. The first-order chi connectivity index (χ1) is 7.01. The summed E-state index contributed by atoms with van der Waals surface area (Å²) < 4.78 is 5.35. The first-order valence-electron chi connectivity index (χ1n) is 6.20. The van der Waals surface area contributed by atoms with Gasteiger partial charge in [-0.1, -0.05) is 47.0 Å². The van der Waals surface area contributed by atoms with Gasteiger partial charge in [0.2, 0.25) is 0 Å². The average Bonchev–Trinajstić information content (AvgIpc) is 2.16. The lowest BCUT2D eigenvalue weighted by atomic mass is 9.97. The van der Waals surface area contributed by atoms with Crippen LogP contribution < -0.4 is 0 Å². The summed E-state index contributed by atoms with van der Waals surface area (Å²) in [5.74, 6) is 0.874. The van der Waals surface area contributed by atoms with E-state index in [1.54, 1.807) is 0 Å². The monoisotopic (exact) mass is 214 g/mol. The molecule has 0 aliphatic rings. The van der Waals surface area contributed by atoms with E-state index in [2.05, 4.69) is 27.7 Å². The molecule has 0 aliphatic carbocycles. The molecule has 15 heavy (non-hydrogen) atoms. The van der Waals surface area contributed by atoms with E-state index < -0.39 is 0 Å². The van der Waals surface area contributed by atoms with E-state index in [1.807, 2.05) is 6.92 Å². The van der Waals surface area contributed by atoms with Crippen molar-refractivity contribution in [2.24, 2.45) is 11.8 Å². The van der Waals surface area contributed by atoms with Gasteiger partial charge in [-0.25, -0.2) is 0 Å². The van der Waals surface area contributed by atoms with E-state index in [9.17, 15) is 4.79 Å². The Balaban J connectivity index is 3.90. The van der Waals surface area contributed by atoms with Gasteiger partial charge in [-0.3, -0.25) is 4.79 Å². The first kappa shape index (κ1) is 14.5. The standard InChI is InChI=1S/C13H26O2/c1-6-8-12(7-2)9-13(14)15-11(5)10(3)4/h10-12H,6-9H2,1-5H3. The highest BCUT2D eigenvalue weighted by Crippen LogP contribution is 2.17. The van der Waals surface area contributed by atoms with Crippen molar-refractivity contribution < 1.29 is 9.53 Å². The molecule has 90 valence electrons.